The van der Waals surface area contributed by atoms with Crippen LogP contribution in [0.4, 0.5) is 4.79 Å². The molecule has 46 heavy (non-hydrogen) atoms. The summed E-state index contributed by atoms with van der Waals surface area (Å²) >= 11 is 6.59. The fourth-order valence-corrected chi connectivity index (χ4v) is 6.67. The first-order valence-electron chi connectivity index (χ1n) is 15.5. The van der Waals surface area contributed by atoms with Gasteiger partial charge in [-0.25, -0.2) is 9.78 Å². The molecule has 4 aromatic rings. The largest absolute Gasteiger partial charge is 0.449 e. The van der Waals surface area contributed by atoms with Gasteiger partial charge in [0.05, 0.1) is 22.7 Å². The Bertz CT molecular complexity index is 1720. The zero-order chi connectivity index (χ0) is 32.7. The number of nitrogens with zero attached hydrogens (tertiary/aromatic N) is 4. The van der Waals surface area contributed by atoms with Crippen molar-refractivity contribution in [2.75, 3.05) is 6.61 Å². The second-order valence-corrected chi connectivity index (χ2v) is 14.3. The maximum absolute atomic E-state index is 12.9. The van der Waals surface area contributed by atoms with Gasteiger partial charge in [0.1, 0.15) is 24.3 Å². The summed E-state index contributed by atoms with van der Waals surface area (Å²) in [5.41, 5.74) is 9.35. The van der Waals surface area contributed by atoms with Gasteiger partial charge in [-0.05, 0) is 67.0 Å². The van der Waals surface area contributed by atoms with Crippen molar-refractivity contribution in [2.24, 2.45) is 22.1 Å². The molecular weight excluding hydrogens is 602 g/mol. The number of H-pyrrole nitrogens is 1. The van der Waals surface area contributed by atoms with Gasteiger partial charge in [-0.2, -0.15) is 5.10 Å². The van der Waals surface area contributed by atoms with Gasteiger partial charge < -0.3 is 20.9 Å². The molecule has 0 bridgehead atoms. The lowest BCUT2D eigenvalue weighted by atomic mass is 9.69. The number of aliphatic imine (C=N–C) groups is 1. The third-order valence-electron chi connectivity index (χ3n) is 8.96. The molecule has 2 aromatic heterocycles. The first kappa shape index (κ1) is 31.7. The van der Waals surface area contributed by atoms with Crippen LogP contribution in [0.15, 0.2) is 78.2 Å². The van der Waals surface area contributed by atoms with Gasteiger partial charge in [-0.15, -0.1) is 0 Å². The Morgan fingerprint density at radius 3 is 2.54 bits per heavy atom. The Morgan fingerprint density at radius 1 is 1.15 bits per heavy atom. The molecular formula is C35H40ClN7O3. The molecule has 5 N–H and O–H groups in total. The number of aliphatic hydroxyl groups is 1. The Morgan fingerprint density at radius 2 is 1.91 bits per heavy atom. The maximum atomic E-state index is 12.9. The highest BCUT2D eigenvalue weighted by Gasteiger charge is 2.54. The average Bonchev–Trinajstić information content (AvgIpc) is 3.39. The molecule has 1 saturated carbocycles. The van der Waals surface area contributed by atoms with Crippen LogP contribution < -0.4 is 11.1 Å². The Balaban J connectivity index is 1.39. The number of benzene rings is 2. The number of aromatic nitrogens is 4. The van der Waals surface area contributed by atoms with Crippen molar-refractivity contribution >= 4 is 23.5 Å². The minimum absolute atomic E-state index is 0.0401. The molecule has 1 aliphatic carbocycles. The van der Waals surface area contributed by atoms with E-state index in [4.69, 9.17) is 27.1 Å². The summed E-state index contributed by atoms with van der Waals surface area (Å²) in [7, 11) is 0. The van der Waals surface area contributed by atoms with Crippen molar-refractivity contribution in [2.45, 2.75) is 70.1 Å². The molecule has 240 valence electrons. The normalized spacial score (nSPS) is 22.6. The first-order chi connectivity index (χ1) is 21.9. The third kappa shape index (κ3) is 6.50. The highest BCUT2D eigenvalue weighted by atomic mass is 35.5. The van der Waals surface area contributed by atoms with Gasteiger partial charge in [-0.3, -0.25) is 15.1 Å². The van der Waals surface area contributed by atoms with Crippen LogP contribution in [0, 0.1) is 11.3 Å². The van der Waals surface area contributed by atoms with Crippen molar-refractivity contribution in [3.8, 4) is 22.6 Å². The van der Waals surface area contributed by atoms with Crippen LogP contribution in [0.5, 0.6) is 0 Å². The van der Waals surface area contributed by atoms with E-state index in [-0.39, 0.29) is 17.6 Å². The zero-order valence-electron chi connectivity index (χ0n) is 26.5. The fraction of sp³-hybridized carbons (Fsp3) is 0.400. The van der Waals surface area contributed by atoms with E-state index < -0.39 is 29.6 Å². The number of nitrogens with one attached hydrogen (secondary N) is 2. The summed E-state index contributed by atoms with van der Waals surface area (Å²) in [5, 5.41) is 22.7. The first-order valence-corrected chi connectivity index (χ1v) is 15.9. The van der Waals surface area contributed by atoms with E-state index in [0.717, 1.165) is 35.2 Å². The highest BCUT2D eigenvalue weighted by molar-refractivity contribution is 6.33. The maximum Gasteiger partial charge on any atom is 0.407 e. The fourth-order valence-electron chi connectivity index (χ4n) is 6.47. The second kappa shape index (κ2) is 12.1. The average molecular weight is 642 g/mol. The number of aliphatic hydroxyl groups excluding tert-OH is 1. The van der Waals surface area contributed by atoms with E-state index in [2.05, 4.69) is 46.3 Å². The molecule has 1 fully saturated rings. The number of carbonyl (C=O) groups is 1. The quantitative estimate of drug-likeness (QED) is 0.169. The Labute approximate surface area is 273 Å². The summed E-state index contributed by atoms with van der Waals surface area (Å²) < 4.78 is 5.84. The summed E-state index contributed by atoms with van der Waals surface area (Å²) in [6.45, 7) is 8.31. The number of rotatable bonds is 9. The summed E-state index contributed by atoms with van der Waals surface area (Å²) in [4.78, 5) is 26.7. The van der Waals surface area contributed by atoms with Crippen LogP contribution in [-0.4, -0.2) is 55.5 Å². The number of aromatic amines is 1. The predicted molar refractivity (Wildman–Crippen MR) is 178 cm³/mol. The monoisotopic (exact) mass is 641 g/mol. The molecule has 10 nitrogen and oxygen atoms in total. The van der Waals surface area contributed by atoms with E-state index in [1.807, 2.05) is 61.5 Å². The topological polar surface area (TPSA) is 151 Å². The highest BCUT2D eigenvalue weighted by Crippen LogP contribution is 2.50. The minimum Gasteiger partial charge on any atom is -0.449 e. The summed E-state index contributed by atoms with van der Waals surface area (Å²) in [6.07, 6.45) is 3.96. The smallest absolute Gasteiger partial charge is 0.407 e. The SMILES string of the molecule is CC(C)(C)C[C@]1(c2ccc(-c3ccccn3)cc2)N=C(N)C([C@H](COC(=O)NC2(C)CC2)c2ccc(Cl)c(-c3ncn[nH]3)c2)C1O. The number of carbonyl (C=O) groups excluding carboxylic acids is 1. The molecule has 0 spiro atoms. The van der Waals surface area contributed by atoms with Crippen molar-refractivity contribution in [3.63, 3.8) is 0 Å². The van der Waals surface area contributed by atoms with Crippen LogP contribution in [0.25, 0.3) is 22.6 Å². The lowest BCUT2D eigenvalue weighted by molar-refractivity contribution is 0.0287. The van der Waals surface area contributed by atoms with Gasteiger partial charge in [0.25, 0.3) is 0 Å². The van der Waals surface area contributed by atoms with E-state index in [9.17, 15) is 9.90 Å². The number of ether oxygens (including phenoxy) is 1. The van der Waals surface area contributed by atoms with Gasteiger partial charge in [0, 0.05) is 28.8 Å². The van der Waals surface area contributed by atoms with Crippen LogP contribution >= 0.6 is 11.6 Å². The minimum atomic E-state index is -1.04. The van der Waals surface area contributed by atoms with Crippen LogP contribution in [-0.2, 0) is 10.3 Å². The third-order valence-corrected chi connectivity index (χ3v) is 9.29. The van der Waals surface area contributed by atoms with Gasteiger partial charge >= 0.3 is 6.09 Å². The molecule has 2 unspecified atom stereocenters. The van der Waals surface area contributed by atoms with Crippen molar-refractivity contribution in [1.82, 2.24) is 25.5 Å². The second-order valence-electron chi connectivity index (χ2n) is 13.9. The van der Waals surface area contributed by atoms with Crippen LogP contribution in [0.3, 0.4) is 0 Å². The number of alkyl carbamates (subject to hydrolysis) is 1. The van der Waals surface area contributed by atoms with E-state index in [0.29, 0.717) is 28.7 Å². The number of hydrogen-bond acceptors (Lipinski definition) is 8. The molecule has 3 heterocycles. The molecule has 0 saturated heterocycles. The lowest BCUT2D eigenvalue weighted by Crippen LogP contribution is -2.45. The summed E-state index contributed by atoms with van der Waals surface area (Å²) in [5.74, 6) is -0.435. The number of amides is 1. The van der Waals surface area contributed by atoms with Gasteiger partial charge in [-0.1, -0.05) is 68.8 Å². The van der Waals surface area contributed by atoms with E-state index in [1.54, 1.807) is 12.3 Å². The molecule has 2 aromatic carbocycles. The van der Waals surface area contributed by atoms with E-state index in [1.165, 1.54) is 6.33 Å². The molecule has 2 aliphatic rings. The van der Waals surface area contributed by atoms with Crippen molar-refractivity contribution in [1.29, 1.82) is 0 Å². The standard InChI is InChI=1S/C35H40ClN7O3/c1-33(2,3)19-35(23-11-8-21(9-12-23)27-7-5-6-16-38-27)29(44)28(30(37)41-35)25(18-46-32(45)42-34(4)14-15-34)22-10-13-26(36)24(17-22)31-39-20-40-43-31/h5-13,16-17,20,25,28-29,44H,14-15,18-19H2,1-4H3,(H2,37,41)(H,42,45)(H,39,40,43)/t25-,28?,29?,35-/m1/s1. The molecule has 6 rings (SSSR count). The van der Waals surface area contributed by atoms with Gasteiger partial charge in [0.15, 0.2) is 5.82 Å². The predicted octanol–water partition coefficient (Wildman–Crippen LogP) is 6.23. The van der Waals surface area contributed by atoms with Crippen LogP contribution in [0.1, 0.15) is 64.0 Å². The Hall–Kier alpha value is -4.28. The molecule has 0 radical (unpaired) electrons. The van der Waals surface area contributed by atoms with Gasteiger partial charge in [0.2, 0.25) is 0 Å². The number of nitrogens with two attached hydrogens (primary N) is 1. The number of hydrogen-bond donors (Lipinski definition) is 4. The Kier molecular flexibility index (Phi) is 8.37. The zero-order valence-corrected chi connectivity index (χ0v) is 27.3. The number of amidine groups is 1. The van der Waals surface area contributed by atoms with Crippen molar-refractivity contribution in [3.05, 3.63) is 89.3 Å². The van der Waals surface area contributed by atoms with Crippen LogP contribution in [0.2, 0.25) is 5.02 Å². The number of pyridine rings is 1. The summed E-state index contributed by atoms with van der Waals surface area (Å²) in [6, 6.07) is 19.3. The molecule has 1 amide bonds. The molecule has 1 aliphatic heterocycles. The molecule has 11 heteroatoms. The van der Waals surface area contributed by atoms with Crippen molar-refractivity contribution < 1.29 is 14.6 Å². The number of halogens is 1. The molecule has 4 atom stereocenters. The van der Waals surface area contributed by atoms with E-state index >= 15 is 0 Å². The lowest BCUT2D eigenvalue weighted by Gasteiger charge is -2.39.